The summed E-state index contributed by atoms with van der Waals surface area (Å²) < 4.78 is 5.08. The van der Waals surface area contributed by atoms with Crippen molar-refractivity contribution in [3.63, 3.8) is 0 Å². The molecule has 1 amide bonds. The van der Waals surface area contributed by atoms with Crippen LogP contribution in [0.15, 0.2) is 18.2 Å². The fourth-order valence-electron chi connectivity index (χ4n) is 2.65. The molecule has 1 aliphatic rings. The van der Waals surface area contributed by atoms with E-state index in [0.29, 0.717) is 31.1 Å². The molecule has 0 unspecified atom stereocenters. The van der Waals surface area contributed by atoms with Crippen LogP contribution in [0.4, 0.5) is 0 Å². The third-order valence-electron chi connectivity index (χ3n) is 3.83. The van der Waals surface area contributed by atoms with E-state index in [9.17, 15) is 4.79 Å². The van der Waals surface area contributed by atoms with Gasteiger partial charge >= 0.3 is 0 Å². The Morgan fingerprint density at radius 2 is 2.10 bits per heavy atom. The van der Waals surface area contributed by atoms with Crippen molar-refractivity contribution in [3.05, 3.63) is 34.9 Å². The summed E-state index contributed by atoms with van der Waals surface area (Å²) >= 11 is 4.90. The maximum atomic E-state index is 12.6. The normalized spacial score (nSPS) is 13.0. The molecule has 1 aliphatic carbocycles. The van der Waals surface area contributed by atoms with Gasteiger partial charge in [0.15, 0.2) is 0 Å². The maximum absolute atomic E-state index is 12.6. The largest absolute Gasteiger partial charge is 0.393 e. The molecule has 0 atom stereocenters. The molecule has 5 heteroatoms. The summed E-state index contributed by atoms with van der Waals surface area (Å²) in [6.45, 7) is 1.59. The molecule has 1 aromatic rings. The van der Waals surface area contributed by atoms with Crippen LogP contribution >= 0.6 is 12.2 Å². The van der Waals surface area contributed by atoms with Gasteiger partial charge in [-0.3, -0.25) is 4.79 Å². The van der Waals surface area contributed by atoms with Crippen molar-refractivity contribution >= 4 is 23.1 Å². The Labute approximate surface area is 131 Å². The number of hydrogen-bond donors (Lipinski definition) is 1. The SMILES string of the molecule is COCCN(CCC(N)=S)C(=O)c1ccc2c(c1)CCC2. The van der Waals surface area contributed by atoms with E-state index in [4.69, 9.17) is 22.7 Å². The topological polar surface area (TPSA) is 55.6 Å². The number of aryl methyl sites for hydroxylation is 2. The number of methoxy groups -OCH3 is 1. The smallest absolute Gasteiger partial charge is 0.253 e. The van der Waals surface area contributed by atoms with Crippen LogP contribution < -0.4 is 5.73 Å². The molecule has 0 saturated carbocycles. The Balaban J connectivity index is 2.10. The van der Waals surface area contributed by atoms with Gasteiger partial charge in [0.25, 0.3) is 5.91 Å². The van der Waals surface area contributed by atoms with Gasteiger partial charge in [0.1, 0.15) is 0 Å². The number of ether oxygens (including phenoxy) is 1. The Morgan fingerprint density at radius 1 is 1.33 bits per heavy atom. The molecule has 0 bridgehead atoms. The summed E-state index contributed by atoms with van der Waals surface area (Å²) in [7, 11) is 1.63. The number of nitrogens with two attached hydrogens (primary N) is 1. The van der Waals surface area contributed by atoms with Crippen molar-refractivity contribution in [2.75, 3.05) is 26.8 Å². The summed E-state index contributed by atoms with van der Waals surface area (Å²) in [5.41, 5.74) is 8.97. The van der Waals surface area contributed by atoms with Crippen molar-refractivity contribution in [3.8, 4) is 0 Å². The second-order valence-corrected chi connectivity index (χ2v) is 5.86. The summed E-state index contributed by atoms with van der Waals surface area (Å²) in [4.78, 5) is 14.8. The fraction of sp³-hybridized carbons (Fsp3) is 0.500. The first-order valence-corrected chi connectivity index (χ1v) is 7.71. The van der Waals surface area contributed by atoms with Gasteiger partial charge in [-0.05, 0) is 42.5 Å². The van der Waals surface area contributed by atoms with Gasteiger partial charge in [0.05, 0.1) is 11.6 Å². The highest BCUT2D eigenvalue weighted by Gasteiger charge is 2.18. The number of fused-ring (bicyclic) bond motifs is 1. The van der Waals surface area contributed by atoms with Crippen molar-refractivity contribution in [2.45, 2.75) is 25.7 Å². The predicted octanol–water partition coefficient (Wildman–Crippen LogP) is 1.94. The minimum Gasteiger partial charge on any atom is -0.393 e. The Hall–Kier alpha value is -1.46. The first kappa shape index (κ1) is 15.9. The number of amides is 1. The van der Waals surface area contributed by atoms with Crippen molar-refractivity contribution < 1.29 is 9.53 Å². The lowest BCUT2D eigenvalue weighted by atomic mass is 10.1. The number of rotatable bonds is 7. The Morgan fingerprint density at radius 3 is 2.81 bits per heavy atom. The van der Waals surface area contributed by atoms with Crippen LogP contribution in [-0.2, 0) is 17.6 Å². The van der Waals surface area contributed by atoms with E-state index in [0.717, 1.165) is 18.4 Å². The van der Waals surface area contributed by atoms with Gasteiger partial charge in [-0.2, -0.15) is 0 Å². The summed E-state index contributed by atoms with van der Waals surface area (Å²) in [5, 5.41) is 0. The molecular weight excluding hydrogens is 284 g/mol. The highest BCUT2D eigenvalue weighted by Crippen LogP contribution is 2.23. The van der Waals surface area contributed by atoms with Gasteiger partial charge in [0, 0.05) is 32.2 Å². The third-order valence-corrected chi connectivity index (χ3v) is 4.03. The number of nitrogens with zero attached hydrogens (tertiary/aromatic N) is 1. The monoisotopic (exact) mass is 306 g/mol. The average molecular weight is 306 g/mol. The molecule has 1 aromatic carbocycles. The van der Waals surface area contributed by atoms with Crippen LogP contribution in [0, 0.1) is 0 Å². The molecule has 0 spiro atoms. The number of carbonyl (C=O) groups is 1. The Kier molecular flexibility index (Phi) is 5.70. The van der Waals surface area contributed by atoms with Crippen molar-refractivity contribution in [1.82, 2.24) is 4.90 Å². The Bertz CT molecular complexity index is 531. The highest BCUT2D eigenvalue weighted by molar-refractivity contribution is 7.80. The van der Waals surface area contributed by atoms with E-state index >= 15 is 0 Å². The van der Waals surface area contributed by atoms with Gasteiger partial charge in [-0.15, -0.1) is 0 Å². The average Bonchev–Trinajstić information content (AvgIpc) is 2.93. The minimum atomic E-state index is 0.0259. The second kappa shape index (κ2) is 7.52. The minimum absolute atomic E-state index is 0.0259. The fourth-order valence-corrected chi connectivity index (χ4v) is 2.74. The molecule has 0 aliphatic heterocycles. The molecule has 114 valence electrons. The standard InChI is InChI=1S/C16H22N2O2S/c1-20-10-9-18(8-7-15(17)21)16(19)14-6-5-12-3-2-4-13(12)11-14/h5-6,11H,2-4,7-10H2,1H3,(H2,17,21). The first-order chi connectivity index (χ1) is 10.1. The van der Waals surface area contributed by atoms with E-state index in [1.165, 1.54) is 17.5 Å². The van der Waals surface area contributed by atoms with Crippen LogP contribution in [0.5, 0.6) is 0 Å². The molecule has 21 heavy (non-hydrogen) atoms. The molecule has 4 nitrogen and oxygen atoms in total. The third kappa shape index (κ3) is 4.25. The van der Waals surface area contributed by atoms with Gasteiger partial charge in [-0.1, -0.05) is 18.3 Å². The predicted molar refractivity (Wildman–Crippen MR) is 87.6 cm³/mol. The maximum Gasteiger partial charge on any atom is 0.253 e. The van der Waals surface area contributed by atoms with E-state index in [1.54, 1.807) is 12.0 Å². The number of benzene rings is 1. The second-order valence-electron chi connectivity index (χ2n) is 5.34. The molecule has 0 aromatic heterocycles. The lowest BCUT2D eigenvalue weighted by Crippen LogP contribution is -2.36. The van der Waals surface area contributed by atoms with E-state index < -0.39 is 0 Å². The molecular formula is C16H22N2O2S. The van der Waals surface area contributed by atoms with Gasteiger partial charge < -0.3 is 15.4 Å². The van der Waals surface area contributed by atoms with E-state index in [-0.39, 0.29) is 5.91 Å². The molecule has 2 N–H and O–H groups in total. The number of thiocarbonyl (C=S) groups is 1. The summed E-state index contributed by atoms with van der Waals surface area (Å²) in [6, 6.07) is 6.04. The quantitative estimate of drug-likeness (QED) is 0.782. The van der Waals surface area contributed by atoms with Gasteiger partial charge in [0.2, 0.25) is 0 Å². The zero-order valence-corrected chi connectivity index (χ0v) is 13.2. The molecule has 0 heterocycles. The number of carbonyl (C=O) groups excluding carboxylic acids is 1. The molecule has 2 rings (SSSR count). The van der Waals surface area contributed by atoms with Crippen LogP contribution in [0.3, 0.4) is 0 Å². The lowest BCUT2D eigenvalue weighted by molar-refractivity contribution is 0.0701. The van der Waals surface area contributed by atoms with E-state index in [1.807, 2.05) is 12.1 Å². The van der Waals surface area contributed by atoms with E-state index in [2.05, 4.69) is 6.07 Å². The molecule has 0 fully saturated rings. The van der Waals surface area contributed by atoms with Crippen LogP contribution in [0.2, 0.25) is 0 Å². The van der Waals surface area contributed by atoms with Crippen LogP contribution in [0.25, 0.3) is 0 Å². The van der Waals surface area contributed by atoms with Crippen LogP contribution in [0.1, 0.15) is 34.3 Å². The molecule has 0 saturated heterocycles. The summed E-state index contributed by atoms with van der Waals surface area (Å²) in [6.07, 6.45) is 3.91. The zero-order chi connectivity index (χ0) is 15.2. The van der Waals surface area contributed by atoms with Crippen LogP contribution in [-0.4, -0.2) is 42.6 Å². The lowest BCUT2D eigenvalue weighted by Gasteiger charge is -2.22. The number of hydrogen-bond acceptors (Lipinski definition) is 3. The van der Waals surface area contributed by atoms with Crippen molar-refractivity contribution in [2.24, 2.45) is 5.73 Å². The first-order valence-electron chi connectivity index (χ1n) is 7.30. The van der Waals surface area contributed by atoms with Gasteiger partial charge in [-0.25, -0.2) is 0 Å². The highest BCUT2D eigenvalue weighted by atomic mass is 32.1. The zero-order valence-electron chi connectivity index (χ0n) is 12.4. The van der Waals surface area contributed by atoms with Crippen molar-refractivity contribution in [1.29, 1.82) is 0 Å². The summed E-state index contributed by atoms with van der Waals surface area (Å²) in [5.74, 6) is 0.0259. The molecule has 0 radical (unpaired) electrons.